The van der Waals surface area contributed by atoms with Crippen LogP contribution in [0.5, 0.6) is 0 Å². The molecule has 0 N–H and O–H groups in total. The molecule has 0 saturated carbocycles. The molecule has 1 rings (SSSR count). The van der Waals surface area contributed by atoms with Gasteiger partial charge in [-0.25, -0.2) is 0 Å². The van der Waals surface area contributed by atoms with E-state index >= 15 is 0 Å². The number of likely N-dealkylation sites (tertiary alicyclic amines) is 1. The third-order valence-electron chi connectivity index (χ3n) is 2.59. The second-order valence-electron chi connectivity index (χ2n) is 3.96. The van der Waals surface area contributed by atoms with Crippen LogP contribution >= 0.6 is 0 Å². The third kappa shape index (κ3) is 1.68. The first kappa shape index (κ1) is 9.30. The molecule has 1 aliphatic heterocycles. The van der Waals surface area contributed by atoms with E-state index in [4.69, 9.17) is 0 Å². The van der Waals surface area contributed by atoms with E-state index in [1.807, 2.05) is 4.90 Å². The van der Waals surface area contributed by atoms with Gasteiger partial charge in [0.15, 0.2) is 0 Å². The largest absolute Gasteiger partial charge is 0.334 e. The van der Waals surface area contributed by atoms with Crippen LogP contribution in [0.25, 0.3) is 0 Å². The summed E-state index contributed by atoms with van der Waals surface area (Å²) in [5, 5.41) is 0. The van der Waals surface area contributed by atoms with Crippen LogP contribution in [-0.4, -0.2) is 22.9 Å². The van der Waals surface area contributed by atoms with Gasteiger partial charge in [0.25, 0.3) is 0 Å². The Kier molecular flexibility index (Phi) is 2.55. The number of carbonyl (C=O) groups excluding carboxylic acids is 1. The predicted octanol–water partition coefficient (Wildman–Crippen LogP) is 1.96. The lowest BCUT2D eigenvalue weighted by molar-refractivity contribution is -0.132. The molecule has 0 unspecified atom stereocenters. The van der Waals surface area contributed by atoms with Crippen LogP contribution in [0.2, 0.25) is 0 Å². The van der Waals surface area contributed by atoms with Gasteiger partial charge in [0.05, 0.1) is 0 Å². The molecule has 0 aromatic carbocycles. The summed E-state index contributed by atoms with van der Waals surface area (Å²) in [6.45, 7) is 8.63. The second-order valence-corrected chi connectivity index (χ2v) is 3.96. The molecule has 0 radical (unpaired) electrons. The molecule has 0 aromatic rings. The molecule has 1 fully saturated rings. The molecule has 2 nitrogen and oxygen atoms in total. The molecular weight excluding hydrogens is 150 g/mol. The van der Waals surface area contributed by atoms with E-state index in [-0.39, 0.29) is 11.4 Å². The van der Waals surface area contributed by atoms with Crippen molar-refractivity contribution in [1.29, 1.82) is 0 Å². The molecule has 0 aliphatic carbocycles. The number of piperidine rings is 1. The van der Waals surface area contributed by atoms with Gasteiger partial charge in [0, 0.05) is 12.1 Å². The molecule has 0 atom stereocenters. The van der Waals surface area contributed by atoms with Gasteiger partial charge in [-0.1, -0.05) is 6.58 Å². The number of hydrogen-bond donors (Lipinski definition) is 0. The maximum atomic E-state index is 11.4. The summed E-state index contributed by atoms with van der Waals surface area (Å²) < 4.78 is 0. The van der Waals surface area contributed by atoms with Crippen molar-refractivity contribution in [1.82, 2.24) is 4.90 Å². The van der Waals surface area contributed by atoms with Crippen molar-refractivity contribution in [2.24, 2.45) is 0 Å². The molecular formula is C10H17NO. The van der Waals surface area contributed by atoms with Crippen LogP contribution in [-0.2, 0) is 4.79 Å². The fourth-order valence-corrected chi connectivity index (χ4v) is 1.78. The molecule has 1 aliphatic rings. The Morgan fingerprint density at radius 2 is 2.17 bits per heavy atom. The van der Waals surface area contributed by atoms with Crippen LogP contribution in [0.4, 0.5) is 0 Å². The zero-order valence-electron chi connectivity index (χ0n) is 7.97. The van der Waals surface area contributed by atoms with Gasteiger partial charge >= 0.3 is 0 Å². The van der Waals surface area contributed by atoms with Crippen molar-refractivity contribution in [3.63, 3.8) is 0 Å². The summed E-state index contributed by atoms with van der Waals surface area (Å²) in [5.74, 6) is 0.0692. The van der Waals surface area contributed by atoms with Crippen molar-refractivity contribution in [3.05, 3.63) is 12.7 Å². The first-order chi connectivity index (χ1) is 5.58. The van der Waals surface area contributed by atoms with Crippen LogP contribution < -0.4 is 0 Å². The van der Waals surface area contributed by atoms with E-state index in [1.54, 1.807) is 0 Å². The van der Waals surface area contributed by atoms with Crippen molar-refractivity contribution in [3.8, 4) is 0 Å². The fraction of sp³-hybridized carbons (Fsp3) is 0.700. The van der Waals surface area contributed by atoms with Crippen molar-refractivity contribution in [2.75, 3.05) is 6.54 Å². The highest BCUT2D eigenvalue weighted by Crippen LogP contribution is 2.27. The van der Waals surface area contributed by atoms with Gasteiger partial charge in [0.1, 0.15) is 0 Å². The van der Waals surface area contributed by atoms with E-state index in [0.717, 1.165) is 19.4 Å². The maximum Gasteiger partial charge on any atom is 0.246 e. The van der Waals surface area contributed by atoms with E-state index in [0.29, 0.717) is 0 Å². The average Bonchev–Trinajstić information content (AvgIpc) is 2.02. The zero-order chi connectivity index (χ0) is 9.19. The Hall–Kier alpha value is -0.790. The molecule has 0 aromatic heterocycles. The lowest BCUT2D eigenvalue weighted by Crippen LogP contribution is -2.49. The van der Waals surface area contributed by atoms with Crippen molar-refractivity contribution < 1.29 is 4.79 Å². The smallest absolute Gasteiger partial charge is 0.246 e. The van der Waals surface area contributed by atoms with Crippen LogP contribution in [0, 0.1) is 0 Å². The van der Waals surface area contributed by atoms with Gasteiger partial charge in [-0.2, -0.15) is 0 Å². The first-order valence-corrected chi connectivity index (χ1v) is 4.52. The molecule has 12 heavy (non-hydrogen) atoms. The normalized spacial score (nSPS) is 22.0. The third-order valence-corrected chi connectivity index (χ3v) is 2.59. The van der Waals surface area contributed by atoms with Crippen LogP contribution in [0.1, 0.15) is 33.1 Å². The number of rotatable bonds is 1. The van der Waals surface area contributed by atoms with Crippen LogP contribution in [0.3, 0.4) is 0 Å². The van der Waals surface area contributed by atoms with Crippen molar-refractivity contribution >= 4 is 5.91 Å². The minimum Gasteiger partial charge on any atom is -0.334 e. The Bertz CT molecular complexity index is 196. The molecule has 1 saturated heterocycles. The van der Waals surface area contributed by atoms with Gasteiger partial charge in [-0.05, 0) is 39.2 Å². The number of carbonyl (C=O) groups is 1. The summed E-state index contributed by atoms with van der Waals surface area (Å²) in [6.07, 6.45) is 4.87. The standard InChI is InChI=1S/C10H17NO/c1-4-9(12)11-8-6-5-7-10(11,2)3/h4H,1,5-8H2,2-3H3. The zero-order valence-corrected chi connectivity index (χ0v) is 7.97. The lowest BCUT2D eigenvalue weighted by atomic mass is 9.90. The Labute approximate surface area is 74.2 Å². The summed E-state index contributed by atoms with van der Waals surface area (Å²) in [5.41, 5.74) is 0.0313. The minimum atomic E-state index is 0.0313. The van der Waals surface area contributed by atoms with E-state index < -0.39 is 0 Å². The highest BCUT2D eigenvalue weighted by atomic mass is 16.2. The Morgan fingerprint density at radius 3 is 2.67 bits per heavy atom. The molecule has 0 spiro atoms. The van der Waals surface area contributed by atoms with E-state index in [9.17, 15) is 4.79 Å². The lowest BCUT2D eigenvalue weighted by Gasteiger charge is -2.42. The van der Waals surface area contributed by atoms with Gasteiger partial charge in [-0.3, -0.25) is 4.79 Å². The molecule has 68 valence electrons. The quantitative estimate of drug-likeness (QED) is 0.547. The summed E-state index contributed by atoms with van der Waals surface area (Å²) >= 11 is 0. The van der Waals surface area contributed by atoms with Crippen molar-refractivity contribution in [2.45, 2.75) is 38.6 Å². The fourth-order valence-electron chi connectivity index (χ4n) is 1.78. The minimum absolute atomic E-state index is 0.0313. The Morgan fingerprint density at radius 1 is 1.50 bits per heavy atom. The SMILES string of the molecule is C=CC(=O)N1CCCCC1(C)C. The molecule has 1 amide bonds. The topological polar surface area (TPSA) is 20.3 Å². The van der Waals surface area contributed by atoms with Gasteiger partial charge < -0.3 is 4.90 Å². The highest BCUT2D eigenvalue weighted by molar-refractivity contribution is 5.87. The molecule has 2 heteroatoms. The van der Waals surface area contributed by atoms with E-state index in [2.05, 4.69) is 20.4 Å². The monoisotopic (exact) mass is 167 g/mol. The molecule has 1 heterocycles. The summed E-state index contributed by atoms with van der Waals surface area (Å²) in [6, 6.07) is 0. The van der Waals surface area contributed by atoms with Gasteiger partial charge in [0.2, 0.25) is 5.91 Å². The second kappa shape index (κ2) is 3.30. The van der Waals surface area contributed by atoms with Crippen LogP contribution in [0.15, 0.2) is 12.7 Å². The van der Waals surface area contributed by atoms with E-state index in [1.165, 1.54) is 12.5 Å². The maximum absolute atomic E-state index is 11.4. The average molecular weight is 167 g/mol. The van der Waals surface area contributed by atoms with Gasteiger partial charge in [-0.15, -0.1) is 0 Å². The summed E-state index contributed by atoms with van der Waals surface area (Å²) in [4.78, 5) is 13.3. The molecule has 0 bridgehead atoms. The first-order valence-electron chi connectivity index (χ1n) is 4.52. The predicted molar refractivity (Wildman–Crippen MR) is 49.8 cm³/mol. The number of amides is 1. The Balaban J connectivity index is 2.72. The highest BCUT2D eigenvalue weighted by Gasteiger charge is 2.31. The number of nitrogens with zero attached hydrogens (tertiary/aromatic N) is 1. The summed E-state index contributed by atoms with van der Waals surface area (Å²) in [7, 11) is 0. The number of hydrogen-bond acceptors (Lipinski definition) is 1.